The average molecular weight is 201 g/mol. The van der Waals surface area contributed by atoms with Crippen LogP contribution in [-0.4, -0.2) is 48.5 Å². The van der Waals surface area contributed by atoms with Crippen molar-refractivity contribution in [2.24, 2.45) is 0 Å². The van der Waals surface area contributed by atoms with E-state index >= 15 is 0 Å². The summed E-state index contributed by atoms with van der Waals surface area (Å²) >= 11 is 0. The summed E-state index contributed by atoms with van der Waals surface area (Å²) in [7, 11) is 0. The second kappa shape index (κ2) is 6.38. The number of morpholine rings is 1. The smallest absolute Gasteiger partial charge is 0.0619 e. The zero-order valence-corrected chi connectivity index (χ0v) is 9.41. The summed E-state index contributed by atoms with van der Waals surface area (Å²) in [5.74, 6) is 0. The predicted octanol–water partition coefficient (Wildman–Crippen LogP) is 1.26. The van der Waals surface area contributed by atoms with E-state index in [1.54, 1.807) is 0 Å². The maximum Gasteiger partial charge on any atom is 0.0619 e. The first kappa shape index (κ1) is 12.0. The third-order valence-electron chi connectivity index (χ3n) is 2.96. The summed E-state index contributed by atoms with van der Waals surface area (Å²) in [6, 6.07) is 0.544. The van der Waals surface area contributed by atoms with E-state index in [4.69, 9.17) is 4.74 Å². The normalized spacial score (nSPS) is 26.4. The Balaban J connectivity index is 2.10. The molecule has 0 bridgehead atoms. The molecule has 2 atom stereocenters. The fourth-order valence-corrected chi connectivity index (χ4v) is 1.83. The Kier molecular flexibility index (Phi) is 5.45. The molecule has 0 amide bonds. The highest BCUT2D eigenvalue weighted by molar-refractivity contribution is 4.71. The van der Waals surface area contributed by atoms with Crippen LogP contribution >= 0.6 is 0 Å². The summed E-state index contributed by atoms with van der Waals surface area (Å²) in [5.41, 5.74) is 0. The third-order valence-corrected chi connectivity index (χ3v) is 2.96. The molecule has 14 heavy (non-hydrogen) atoms. The van der Waals surface area contributed by atoms with Crippen molar-refractivity contribution in [3.05, 3.63) is 0 Å². The summed E-state index contributed by atoms with van der Waals surface area (Å²) in [6.07, 6.45) is 2.80. The third kappa shape index (κ3) is 3.95. The van der Waals surface area contributed by atoms with Crippen molar-refractivity contribution in [3.63, 3.8) is 0 Å². The minimum Gasteiger partial charge on any atom is -0.393 e. The van der Waals surface area contributed by atoms with E-state index < -0.39 is 0 Å². The lowest BCUT2D eigenvalue weighted by Gasteiger charge is -2.33. The minimum absolute atomic E-state index is 0.105. The Hall–Kier alpha value is -0.120. The van der Waals surface area contributed by atoms with Crippen LogP contribution in [0.4, 0.5) is 0 Å². The minimum atomic E-state index is -0.105. The number of nitrogens with zero attached hydrogens (tertiary/aromatic N) is 1. The molecule has 1 aliphatic heterocycles. The maximum atomic E-state index is 9.41. The van der Waals surface area contributed by atoms with Crippen LogP contribution in [0.2, 0.25) is 0 Å². The molecule has 1 N–H and O–H groups in total. The van der Waals surface area contributed by atoms with Crippen molar-refractivity contribution in [1.82, 2.24) is 4.90 Å². The second-order valence-electron chi connectivity index (χ2n) is 4.16. The maximum absolute atomic E-state index is 9.41. The molecule has 0 aromatic heterocycles. The van der Waals surface area contributed by atoms with Gasteiger partial charge in [-0.05, 0) is 32.7 Å². The number of hydrogen-bond acceptors (Lipinski definition) is 3. The molecule has 0 aromatic carbocycles. The first-order valence-corrected chi connectivity index (χ1v) is 5.74. The van der Waals surface area contributed by atoms with E-state index in [-0.39, 0.29) is 6.10 Å². The lowest BCUT2D eigenvalue weighted by atomic mass is 10.1. The van der Waals surface area contributed by atoms with Gasteiger partial charge in [0.1, 0.15) is 0 Å². The van der Waals surface area contributed by atoms with Gasteiger partial charge in [-0.1, -0.05) is 6.92 Å². The highest BCUT2D eigenvalue weighted by Gasteiger charge is 2.17. The molecule has 0 saturated carbocycles. The molecule has 0 aromatic rings. The SMILES string of the molecule is CCC(O)CCCN1CCOCC1C. The van der Waals surface area contributed by atoms with Crippen molar-refractivity contribution in [2.45, 2.75) is 45.3 Å². The number of hydrogen-bond donors (Lipinski definition) is 1. The van der Waals surface area contributed by atoms with Gasteiger partial charge in [0.25, 0.3) is 0 Å². The quantitative estimate of drug-likeness (QED) is 0.727. The Morgan fingerprint density at radius 3 is 3.00 bits per heavy atom. The van der Waals surface area contributed by atoms with Gasteiger partial charge >= 0.3 is 0 Å². The first-order chi connectivity index (χ1) is 6.74. The van der Waals surface area contributed by atoms with Crippen LogP contribution in [0, 0.1) is 0 Å². The molecular formula is C11H23NO2. The molecule has 0 aliphatic carbocycles. The standard InChI is InChI=1S/C11H23NO2/c1-3-11(13)5-4-6-12-7-8-14-9-10(12)2/h10-11,13H,3-9H2,1-2H3. The summed E-state index contributed by atoms with van der Waals surface area (Å²) < 4.78 is 5.37. The molecule has 1 aliphatic rings. The largest absolute Gasteiger partial charge is 0.393 e. The van der Waals surface area contributed by atoms with Crippen LogP contribution in [0.1, 0.15) is 33.1 Å². The summed E-state index contributed by atoms with van der Waals surface area (Å²) in [6.45, 7) is 8.10. The second-order valence-corrected chi connectivity index (χ2v) is 4.16. The fraction of sp³-hybridized carbons (Fsp3) is 1.00. The van der Waals surface area contributed by atoms with Gasteiger partial charge in [-0.15, -0.1) is 0 Å². The molecule has 1 rings (SSSR count). The van der Waals surface area contributed by atoms with Crippen molar-refractivity contribution in [2.75, 3.05) is 26.3 Å². The number of aliphatic hydroxyl groups is 1. The predicted molar refractivity (Wildman–Crippen MR) is 57.4 cm³/mol. The average Bonchev–Trinajstić information content (AvgIpc) is 2.20. The molecule has 1 saturated heterocycles. The van der Waals surface area contributed by atoms with Gasteiger partial charge < -0.3 is 9.84 Å². The molecule has 1 heterocycles. The van der Waals surface area contributed by atoms with Crippen molar-refractivity contribution in [3.8, 4) is 0 Å². The molecule has 3 heteroatoms. The summed E-state index contributed by atoms with van der Waals surface area (Å²) in [5, 5.41) is 9.41. The number of aliphatic hydroxyl groups excluding tert-OH is 1. The van der Waals surface area contributed by atoms with E-state index in [9.17, 15) is 5.11 Å². The highest BCUT2D eigenvalue weighted by Crippen LogP contribution is 2.09. The van der Waals surface area contributed by atoms with E-state index in [0.29, 0.717) is 6.04 Å². The highest BCUT2D eigenvalue weighted by atomic mass is 16.5. The van der Waals surface area contributed by atoms with Gasteiger partial charge in [-0.2, -0.15) is 0 Å². The summed E-state index contributed by atoms with van der Waals surface area (Å²) in [4.78, 5) is 2.45. The van der Waals surface area contributed by atoms with Crippen LogP contribution in [0.25, 0.3) is 0 Å². The number of ether oxygens (including phenoxy) is 1. The molecule has 2 unspecified atom stereocenters. The lowest BCUT2D eigenvalue weighted by molar-refractivity contribution is -0.00232. The van der Waals surface area contributed by atoms with Crippen LogP contribution in [0.3, 0.4) is 0 Å². The van der Waals surface area contributed by atoms with Crippen LogP contribution in [0.5, 0.6) is 0 Å². The molecule has 84 valence electrons. The van der Waals surface area contributed by atoms with Crippen LogP contribution in [0.15, 0.2) is 0 Å². The zero-order chi connectivity index (χ0) is 10.4. The molecular weight excluding hydrogens is 178 g/mol. The van der Waals surface area contributed by atoms with E-state index in [1.807, 2.05) is 6.92 Å². The van der Waals surface area contributed by atoms with Gasteiger partial charge in [-0.25, -0.2) is 0 Å². The Morgan fingerprint density at radius 1 is 1.57 bits per heavy atom. The first-order valence-electron chi connectivity index (χ1n) is 5.74. The Labute approximate surface area is 87.1 Å². The molecule has 1 fully saturated rings. The van der Waals surface area contributed by atoms with Crippen molar-refractivity contribution in [1.29, 1.82) is 0 Å². The van der Waals surface area contributed by atoms with Crippen LogP contribution < -0.4 is 0 Å². The monoisotopic (exact) mass is 201 g/mol. The Bertz CT molecular complexity index is 152. The zero-order valence-electron chi connectivity index (χ0n) is 9.41. The fourth-order valence-electron chi connectivity index (χ4n) is 1.83. The van der Waals surface area contributed by atoms with Crippen molar-refractivity contribution >= 4 is 0 Å². The van der Waals surface area contributed by atoms with E-state index in [2.05, 4.69) is 11.8 Å². The van der Waals surface area contributed by atoms with Crippen LogP contribution in [-0.2, 0) is 4.74 Å². The molecule has 0 spiro atoms. The van der Waals surface area contributed by atoms with Gasteiger partial charge in [0.2, 0.25) is 0 Å². The Morgan fingerprint density at radius 2 is 2.36 bits per heavy atom. The van der Waals surface area contributed by atoms with E-state index in [1.165, 1.54) is 0 Å². The van der Waals surface area contributed by atoms with Crippen molar-refractivity contribution < 1.29 is 9.84 Å². The van der Waals surface area contributed by atoms with E-state index in [0.717, 1.165) is 45.6 Å². The van der Waals surface area contributed by atoms with Gasteiger partial charge in [-0.3, -0.25) is 4.90 Å². The number of rotatable bonds is 5. The molecule has 0 radical (unpaired) electrons. The van der Waals surface area contributed by atoms with Gasteiger partial charge in [0, 0.05) is 12.6 Å². The molecule has 3 nitrogen and oxygen atoms in total. The van der Waals surface area contributed by atoms with Gasteiger partial charge in [0.15, 0.2) is 0 Å². The van der Waals surface area contributed by atoms with Gasteiger partial charge in [0.05, 0.1) is 19.3 Å². The lowest BCUT2D eigenvalue weighted by Crippen LogP contribution is -2.44. The topological polar surface area (TPSA) is 32.7 Å².